The van der Waals surface area contributed by atoms with E-state index in [1.165, 1.54) is 23.1 Å². The minimum Gasteiger partial charge on any atom is -0.378 e. The quantitative estimate of drug-likeness (QED) is 0.607. The highest BCUT2D eigenvalue weighted by Gasteiger charge is 2.42. The van der Waals surface area contributed by atoms with Crippen LogP contribution >= 0.6 is 0 Å². The molecular formula is C16H23N3O5S. The number of carbonyl (C=O) groups excluding carboxylic acids is 1. The van der Waals surface area contributed by atoms with Crippen molar-refractivity contribution in [3.63, 3.8) is 0 Å². The van der Waals surface area contributed by atoms with Crippen molar-refractivity contribution in [2.75, 3.05) is 32.2 Å². The maximum absolute atomic E-state index is 12.6. The molecule has 0 saturated heterocycles. The Bertz CT molecular complexity index is 783. The zero-order chi connectivity index (χ0) is 18.8. The fraction of sp³-hybridized carbons (Fsp3) is 0.562. The molecule has 1 aliphatic carbocycles. The van der Waals surface area contributed by atoms with Crippen LogP contribution in [-0.4, -0.2) is 51.0 Å². The molecule has 0 spiro atoms. The van der Waals surface area contributed by atoms with Gasteiger partial charge in [0.25, 0.3) is 0 Å². The number of hydrogen-bond donors (Lipinski definition) is 1. The predicted octanol–water partition coefficient (Wildman–Crippen LogP) is 2.06. The smallest absolute Gasteiger partial charge is 0.310 e. The fourth-order valence-corrected chi connectivity index (χ4v) is 4.27. The number of nitro groups is 1. The van der Waals surface area contributed by atoms with Gasteiger partial charge in [0.2, 0.25) is 5.91 Å². The molecule has 0 heterocycles. The molecule has 0 radical (unpaired) electrons. The van der Waals surface area contributed by atoms with Gasteiger partial charge in [-0.25, -0.2) is 8.42 Å². The molecule has 0 aliphatic heterocycles. The average Bonchev–Trinajstić information content (AvgIpc) is 3.00. The first-order valence-electron chi connectivity index (χ1n) is 8.01. The summed E-state index contributed by atoms with van der Waals surface area (Å²) < 4.78 is 23.7. The summed E-state index contributed by atoms with van der Waals surface area (Å²) in [6, 6.07) is 4.14. The lowest BCUT2D eigenvalue weighted by atomic mass is 9.84. The summed E-state index contributed by atoms with van der Waals surface area (Å²) in [4.78, 5) is 24.5. The number of nitrogens with one attached hydrogen (secondary N) is 1. The molecule has 0 bridgehead atoms. The van der Waals surface area contributed by atoms with Crippen LogP contribution in [0.4, 0.5) is 11.4 Å². The third-order valence-electron chi connectivity index (χ3n) is 4.62. The molecule has 25 heavy (non-hydrogen) atoms. The van der Waals surface area contributed by atoms with Crippen LogP contribution in [0.5, 0.6) is 0 Å². The van der Waals surface area contributed by atoms with Gasteiger partial charge in [-0.3, -0.25) is 14.9 Å². The van der Waals surface area contributed by atoms with E-state index in [9.17, 15) is 23.3 Å². The second kappa shape index (κ2) is 6.99. The second-order valence-corrected chi connectivity index (χ2v) is 8.71. The first-order chi connectivity index (χ1) is 11.6. The number of anilines is 1. The van der Waals surface area contributed by atoms with E-state index in [-0.39, 0.29) is 23.0 Å². The number of amides is 1. The van der Waals surface area contributed by atoms with E-state index < -0.39 is 25.9 Å². The summed E-state index contributed by atoms with van der Waals surface area (Å²) in [6.45, 7) is 0.234. The second-order valence-electron chi connectivity index (χ2n) is 6.72. The zero-order valence-electron chi connectivity index (χ0n) is 14.6. The van der Waals surface area contributed by atoms with Crippen LogP contribution < -0.4 is 5.32 Å². The molecule has 8 nitrogen and oxygen atoms in total. The summed E-state index contributed by atoms with van der Waals surface area (Å²) >= 11 is 0. The molecule has 1 amide bonds. The summed E-state index contributed by atoms with van der Waals surface area (Å²) in [6.07, 6.45) is 4.19. The van der Waals surface area contributed by atoms with E-state index in [1.54, 1.807) is 14.1 Å². The van der Waals surface area contributed by atoms with Crippen LogP contribution in [0.15, 0.2) is 23.1 Å². The van der Waals surface area contributed by atoms with Gasteiger partial charge in [-0.1, -0.05) is 18.9 Å². The van der Waals surface area contributed by atoms with Crippen LogP contribution in [-0.2, 0) is 14.6 Å². The van der Waals surface area contributed by atoms with Gasteiger partial charge in [0.15, 0.2) is 9.84 Å². The maximum Gasteiger partial charge on any atom is 0.310 e. The highest BCUT2D eigenvalue weighted by atomic mass is 32.2. The first kappa shape index (κ1) is 19.2. The molecular weight excluding hydrogens is 346 g/mol. The van der Waals surface area contributed by atoms with E-state index in [0.29, 0.717) is 12.8 Å². The molecule has 0 atom stereocenters. The number of hydrogen-bond acceptors (Lipinski definition) is 6. The monoisotopic (exact) mass is 369 g/mol. The average molecular weight is 369 g/mol. The van der Waals surface area contributed by atoms with E-state index in [1.807, 2.05) is 0 Å². The Morgan fingerprint density at radius 3 is 2.40 bits per heavy atom. The summed E-state index contributed by atoms with van der Waals surface area (Å²) in [5, 5.41) is 14.4. The van der Waals surface area contributed by atoms with Crippen LogP contribution in [0, 0.1) is 15.5 Å². The number of nitro benzene ring substituents is 1. The van der Waals surface area contributed by atoms with E-state index in [4.69, 9.17) is 0 Å². The van der Waals surface area contributed by atoms with Crippen LogP contribution in [0.2, 0.25) is 0 Å². The number of sulfone groups is 1. The molecule has 9 heteroatoms. The Morgan fingerprint density at radius 2 is 1.92 bits per heavy atom. The molecule has 1 aliphatic rings. The largest absolute Gasteiger partial charge is 0.378 e. The van der Waals surface area contributed by atoms with Gasteiger partial charge >= 0.3 is 5.69 Å². The maximum atomic E-state index is 12.6. The number of rotatable bonds is 6. The van der Waals surface area contributed by atoms with Gasteiger partial charge in [0, 0.05) is 26.9 Å². The normalized spacial score (nSPS) is 16.4. The van der Waals surface area contributed by atoms with Crippen molar-refractivity contribution in [1.82, 2.24) is 4.90 Å². The Balaban J connectivity index is 2.37. The Labute approximate surface area is 147 Å². The fourth-order valence-electron chi connectivity index (χ4n) is 3.41. The number of carbonyl (C=O) groups is 1. The third kappa shape index (κ3) is 3.92. The molecule has 0 unspecified atom stereocenters. The van der Waals surface area contributed by atoms with Crippen molar-refractivity contribution in [3.8, 4) is 0 Å². The predicted molar refractivity (Wildman–Crippen MR) is 94.3 cm³/mol. The van der Waals surface area contributed by atoms with Gasteiger partial charge in [0.05, 0.1) is 10.3 Å². The molecule has 1 aromatic rings. The number of benzene rings is 1. The topological polar surface area (TPSA) is 110 Å². The van der Waals surface area contributed by atoms with Crippen molar-refractivity contribution in [2.24, 2.45) is 5.41 Å². The molecule has 1 fully saturated rings. The van der Waals surface area contributed by atoms with E-state index >= 15 is 0 Å². The third-order valence-corrected chi connectivity index (χ3v) is 5.75. The summed E-state index contributed by atoms with van der Waals surface area (Å²) in [5.74, 6) is -0.0144. The molecule has 1 saturated carbocycles. The standard InChI is InChI=1S/C16H23N3O5S/c1-18(2)15(20)16(9-4-5-10-16)11-17-12-7-6-8-13(25(3,23)24)14(12)19(21)22/h6-8,17H,4-5,9-11H2,1-3H3. The molecule has 2 rings (SSSR count). The van der Waals surface area contributed by atoms with Crippen molar-refractivity contribution < 1.29 is 18.1 Å². The lowest BCUT2D eigenvalue weighted by Gasteiger charge is -2.31. The summed E-state index contributed by atoms with van der Waals surface area (Å²) in [7, 11) is -0.361. The van der Waals surface area contributed by atoms with Gasteiger partial charge in [0.1, 0.15) is 10.6 Å². The van der Waals surface area contributed by atoms with Crippen LogP contribution in [0.25, 0.3) is 0 Å². The van der Waals surface area contributed by atoms with Crippen molar-refractivity contribution in [1.29, 1.82) is 0 Å². The molecule has 138 valence electrons. The van der Waals surface area contributed by atoms with Crippen molar-refractivity contribution in [3.05, 3.63) is 28.3 Å². The van der Waals surface area contributed by atoms with Gasteiger partial charge in [-0.05, 0) is 25.0 Å². The molecule has 1 aromatic carbocycles. The molecule has 0 aromatic heterocycles. The van der Waals surface area contributed by atoms with Crippen LogP contribution in [0.1, 0.15) is 25.7 Å². The van der Waals surface area contributed by atoms with Crippen LogP contribution in [0.3, 0.4) is 0 Å². The minimum absolute atomic E-state index is 0.0144. The summed E-state index contributed by atoms with van der Waals surface area (Å²) in [5.41, 5.74) is -0.973. The SMILES string of the molecule is CN(C)C(=O)C1(CNc2cccc(S(C)(=O)=O)c2[N+](=O)[O-])CCCC1. The Kier molecular flexibility index (Phi) is 5.36. The lowest BCUT2D eigenvalue weighted by molar-refractivity contribution is -0.386. The van der Waals surface area contributed by atoms with Gasteiger partial charge in [-0.2, -0.15) is 0 Å². The van der Waals surface area contributed by atoms with Gasteiger partial charge in [-0.15, -0.1) is 0 Å². The Morgan fingerprint density at radius 1 is 1.32 bits per heavy atom. The van der Waals surface area contributed by atoms with Crippen molar-refractivity contribution in [2.45, 2.75) is 30.6 Å². The lowest BCUT2D eigenvalue weighted by Crippen LogP contribution is -2.43. The Hall–Kier alpha value is -2.16. The molecule has 1 N–H and O–H groups in total. The van der Waals surface area contributed by atoms with Crippen molar-refractivity contribution >= 4 is 27.1 Å². The van der Waals surface area contributed by atoms with E-state index in [2.05, 4.69) is 5.32 Å². The zero-order valence-corrected chi connectivity index (χ0v) is 15.4. The highest BCUT2D eigenvalue weighted by molar-refractivity contribution is 7.90. The van der Waals surface area contributed by atoms with Gasteiger partial charge < -0.3 is 10.2 Å². The minimum atomic E-state index is -3.74. The number of nitrogens with zero attached hydrogens (tertiary/aromatic N) is 2. The first-order valence-corrected chi connectivity index (χ1v) is 9.91. The number of para-hydroxylation sites is 1. The van der Waals surface area contributed by atoms with E-state index in [0.717, 1.165) is 19.1 Å². The highest BCUT2D eigenvalue weighted by Crippen LogP contribution is 2.41.